The summed E-state index contributed by atoms with van der Waals surface area (Å²) < 4.78 is 6.66. The van der Waals surface area contributed by atoms with Crippen LogP contribution in [0, 0.1) is 6.92 Å². The van der Waals surface area contributed by atoms with Gasteiger partial charge in [-0.2, -0.15) is 0 Å². The van der Waals surface area contributed by atoms with Gasteiger partial charge in [-0.15, -0.1) is 0 Å². The summed E-state index contributed by atoms with van der Waals surface area (Å²) in [5.74, 6) is 0.832. The Labute approximate surface area is 174 Å². The molecule has 30 heavy (non-hydrogen) atoms. The van der Waals surface area contributed by atoms with Gasteiger partial charge in [0.25, 0.3) is 11.5 Å². The van der Waals surface area contributed by atoms with E-state index in [2.05, 4.69) is 14.9 Å². The van der Waals surface area contributed by atoms with Crippen LogP contribution in [-0.4, -0.2) is 65.2 Å². The number of pyridine rings is 3. The van der Waals surface area contributed by atoms with Crippen LogP contribution in [0.25, 0.3) is 10.9 Å². The molecule has 0 saturated carbocycles. The highest BCUT2D eigenvalue weighted by molar-refractivity contribution is 5.98. The summed E-state index contributed by atoms with van der Waals surface area (Å²) >= 11 is 0. The number of ether oxygens (including phenoxy) is 1. The number of carbonyl (C=O) groups is 1. The highest BCUT2D eigenvalue weighted by Crippen LogP contribution is 2.18. The molecule has 156 valence electrons. The first kappa shape index (κ1) is 20.0. The quantitative estimate of drug-likeness (QED) is 0.641. The lowest BCUT2D eigenvalue weighted by Crippen LogP contribution is -2.49. The van der Waals surface area contributed by atoms with Crippen LogP contribution in [0.4, 0.5) is 5.82 Å². The van der Waals surface area contributed by atoms with E-state index in [1.54, 1.807) is 36.2 Å². The zero-order chi connectivity index (χ0) is 21.1. The highest BCUT2D eigenvalue weighted by atomic mass is 16.5. The van der Waals surface area contributed by atoms with Gasteiger partial charge in [0.2, 0.25) is 0 Å². The van der Waals surface area contributed by atoms with E-state index in [1.807, 2.05) is 30.0 Å². The van der Waals surface area contributed by atoms with Crippen LogP contribution in [0.2, 0.25) is 0 Å². The Morgan fingerprint density at radius 1 is 1.17 bits per heavy atom. The minimum atomic E-state index is -0.161. The van der Waals surface area contributed by atoms with E-state index in [-0.39, 0.29) is 11.5 Å². The number of nitrogens with zero attached hydrogens (tertiary/aromatic N) is 5. The molecule has 3 aromatic rings. The number of methoxy groups -OCH3 is 1. The molecule has 8 heteroatoms. The minimum absolute atomic E-state index is 0.0886. The lowest BCUT2D eigenvalue weighted by atomic mass is 10.1. The smallest absolute Gasteiger partial charge is 0.260 e. The molecule has 0 atom stereocenters. The number of fused-ring (bicyclic) bond motifs is 1. The van der Waals surface area contributed by atoms with Crippen LogP contribution in [0.5, 0.6) is 0 Å². The fraction of sp³-hybridized carbons (Fsp3) is 0.364. The molecule has 1 aliphatic heterocycles. The summed E-state index contributed by atoms with van der Waals surface area (Å²) in [6.45, 7) is 5.33. The Balaban J connectivity index is 1.56. The molecule has 3 aromatic heterocycles. The lowest BCUT2D eigenvalue weighted by molar-refractivity contribution is 0.0745. The molecular weight excluding hydrogens is 382 g/mol. The summed E-state index contributed by atoms with van der Waals surface area (Å²) in [6, 6.07) is 9.32. The molecule has 1 saturated heterocycles. The Morgan fingerprint density at radius 3 is 2.67 bits per heavy atom. The monoisotopic (exact) mass is 407 g/mol. The normalized spacial score (nSPS) is 14.3. The molecule has 0 aromatic carbocycles. The van der Waals surface area contributed by atoms with E-state index < -0.39 is 0 Å². The maximum Gasteiger partial charge on any atom is 0.260 e. The Kier molecular flexibility index (Phi) is 5.76. The van der Waals surface area contributed by atoms with Gasteiger partial charge < -0.3 is 19.1 Å². The molecule has 8 nitrogen and oxygen atoms in total. The van der Waals surface area contributed by atoms with Crippen molar-refractivity contribution in [3.8, 4) is 0 Å². The average molecular weight is 407 g/mol. The Morgan fingerprint density at radius 2 is 1.97 bits per heavy atom. The van der Waals surface area contributed by atoms with Crippen molar-refractivity contribution in [1.29, 1.82) is 0 Å². The number of aromatic nitrogens is 3. The van der Waals surface area contributed by atoms with Crippen molar-refractivity contribution in [2.75, 3.05) is 44.8 Å². The Hall–Kier alpha value is -3.26. The van der Waals surface area contributed by atoms with Crippen LogP contribution in [-0.2, 0) is 11.3 Å². The average Bonchev–Trinajstić information content (AvgIpc) is 2.79. The molecule has 0 unspecified atom stereocenters. The fourth-order valence-electron chi connectivity index (χ4n) is 3.74. The number of aryl methyl sites for hydroxylation is 1. The summed E-state index contributed by atoms with van der Waals surface area (Å²) in [5, 5.41) is 0.453. The van der Waals surface area contributed by atoms with Gasteiger partial charge in [0.05, 0.1) is 28.8 Å². The van der Waals surface area contributed by atoms with E-state index in [9.17, 15) is 9.59 Å². The lowest BCUT2D eigenvalue weighted by Gasteiger charge is -2.35. The van der Waals surface area contributed by atoms with Crippen LogP contribution in [0.3, 0.4) is 0 Å². The third kappa shape index (κ3) is 3.91. The van der Waals surface area contributed by atoms with Gasteiger partial charge >= 0.3 is 0 Å². The van der Waals surface area contributed by atoms with Gasteiger partial charge in [-0.3, -0.25) is 14.6 Å². The van der Waals surface area contributed by atoms with Gasteiger partial charge in [0.1, 0.15) is 5.82 Å². The zero-order valence-electron chi connectivity index (χ0n) is 17.2. The topological polar surface area (TPSA) is 80.6 Å². The second-order valence-electron chi connectivity index (χ2n) is 7.33. The number of carbonyl (C=O) groups excluding carboxylic acids is 1. The molecule has 1 aliphatic rings. The maximum atomic E-state index is 13.2. The van der Waals surface area contributed by atoms with Gasteiger partial charge in [0.15, 0.2) is 0 Å². The third-order valence-electron chi connectivity index (χ3n) is 5.45. The van der Waals surface area contributed by atoms with Crippen molar-refractivity contribution in [3.05, 3.63) is 64.3 Å². The SMILES string of the molecule is COCCn1ccc2nc(C)c(C(=O)N3CCN(c4ccccn4)CC3)cc2c1=O. The fourth-order valence-corrected chi connectivity index (χ4v) is 3.74. The summed E-state index contributed by atoms with van der Waals surface area (Å²) in [7, 11) is 1.60. The highest BCUT2D eigenvalue weighted by Gasteiger charge is 2.25. The van der Waals surface area contributed by atoms with E-state index in [0.717, 1.165) is 5.82 Å². The molecule has 4 heterocycles. The first-order chi connectivity index (χ1) is 14.6. The number of hydrogen-bond donors (Lipinski definition) is 0. The van der Waals surface area contributed by atoms with Crippen molar-refractivity contribution in [2.45, 2.75) is 13.5 Å². The van der Waals surface area contributed by atoms with Crippen molar-refractivity contribution in [3.63, 3.8) is 0 Å². The largest absolute Gasteiger partial charge is 0.383 e. The maximum absolute atomic E-state index is 13.2. The zero-order valence-corrected chi connectivity index (χ0v) is 17.2. The Bertz CT molecular complexity index is 1100. The van der Waals surface area contributed by atoms with Crippen LogP contribution in [0.15, 0.2) is 47.5 Å². The summed E-state index contributed by atoms with van der Waals surface area (Å²) in [5.41, 5.74) is 1.55. The predicted molar refractivity (Wildman–Crippen MR) is 115 cm³/mol. The second kappa shape index (κ2) is 8.62. The van der Waals surface area contributed by atoms with Crippen molar-refractivity contribution in [1.82, 2.24) is 19.4 Å². The first-order valence-corrected chi connectivity index (χ1v) is 10.0. The molecule has 1 fully saturated rings. The van der Waals surface area contributed by atoms with Crippen molar-refractivity contribution < 1.29 is 9.53 Å². The van der Waals surface area contributed by atoms with Gasteiger partial charge in [-0.05, 0) is 31.2 Å². The van der Waals surface area contributed by atoms with E-state index in [0.29, 0.717) is 61.5 Å². The van der Waals surface area contributed by atoms with Gasteiger partial charge in [-0.1, -0.05) is 6.07 Å². The number of piperazine rings is 1. The number of amides is 1. The number of hydrogen-bond acceptors (Lipinski definition) is 6. The summed E-state index contributed by atoms with van der Waals surface area (Å²) in [4.78, 5) is 38.9. The molecule has 0 radical (unpaired) electrons. The van der Waals surface area contributed by atoms with Crippen molar-refractivity contribution >= 4 is 22.6 Å². The van der Waals surface area contributed by atoms with Crippen molar-refractivity contribution in [2.24, 2.45) is 0 Å². The van der Waals surface area contributed by atoms with Gasteiger partial charge in [-0.25, -0.2) is 4.98 Å². The molecule has 0 bridgehead atoms. The first-order valence-electron chi connectivity index (χ1n) is 10.0. The molecule has 0 N–H and O–H groups in total. The second-order valence-corrected chi connectivity index (χ2v) is 7.33. The van der Waals surface area contributed by atoms with E-state index in [4.69, 9.17) is 4.74 Å². The molecular formula is C22H25N5O3. The number of anilines is 1. The summed E-state index contributed by atoms with van der Waals surface area (Å²) in [6.07, 6.45) is 3.49. The third-order valence-corrected chi connectivity index (χ3v) is 5.45. The number of rotatable bonds is 5. The van der Waals surface area contributed by atoms with E-state index in [1.165, 1.54) is 0 Å². The van der Waals surface area contributed by atoms with Crippen LogP contribution >= 0.6 is 0 Å². The molecule has 0 spiro atoms. The van der Waals surface area contributed by atoms with Gasteiger partial charge in [0, 0.05) is 52.2 Å². The molecule has 4 rings (SSSR count). The standard InChI is InChI=1S/C22H25N5O3/c1-16-17(15-18-19(24-16)6-8-26(22(18)29)13-14-30-2)21(28)27-11-9-25(10-12-27)20-5-3-4-7-23-20/h3-8,15H,9-14H2,1-2H3. The molecule has 0 aliphatic carbocycles. The van der Waals surface area contributed by atoms with Crippen LogP contribution < -0.4 is 10.5 Å². The van der Waals surface area contributed by atoms with Crippen LogP contribution in [0.1, 0.15) is 16.1 Å². The minimum Gasteiger partial charge on any atom is -0.383 e. The predicted octanol–water partition coefficient (Wildman–Crippen LogP) is 1.71. The molecule has 1 amide bonds. The van der Waals surface area contributed by atoms with E-state index >= 15 is 0 Å².